The standard InChI is InChI=1S/C17H9F6N3O3/c18-16(19,20)11-3-10(4-12(5-11)17(21,22)23)14-24-8-26(25-14)6-13(15(27)28)9-1-2-29-7-9/h1-8H,(H,27,28)/b13-6-. The van der Waals surface area contributed by atoms with E-state index in [4.69, 9.17) is 4.42 Å². The maximum Gasteiger partial charge on any atom is 0.416 e. The number of aromatic nitrogens is 3. The SMILES string of the molecule is O=C(O)/C(=C\n1cnc(-c2cc(C(F)(F)F)cc(C(F)(F)F)c2)n1)c1ccoc1. The van der Waals surface area contributed by atoms with Crippen LogP contribution in [0, 0.1) is 0 Å². The van der Waals surface area contributed by atoms with Gasteiger partial charge in [-0.15, -0.1) is 5.10 Å². The predicted molar refractivity (Wildman–Crippen MR) is 86.0 cm³/mol. The third-order valence-electron chi connectivity index (χ3n) is 3.68. The fourth-order valence-electron chi connectivity index (χ4n) is 2.36. The molecule has 29 heavy (non-hydrogen) atoms. The number of furan rings is 1. The number of benzene rings is 1. The van der Waals surface area contributed by atoms with E-state index in [1.807, 2.05) is 0 Å². The number of carboxylic acid groups (broad SMARTS) is 1. The highest BCUT2D eigenvalue weighted by molar-refractivity contribution is 6.19. The summed E-state index contributed by atoms with van der Waals surface area (Å²) in [6, 6.07) is 2.29. The van der Waals surface area contributed by atoms with Gasteiger partial charge in [0.1, 0.15) is 6.33 Å². The zero-order valence-electron chi connectivity index (χ0n) is 14.0. The second-order valence-corrected chi connectivity index (χ2v) is 5.70. The molecule has 0 saturated carbocycles. The molecule has 2 heterocycles. The number of carboxylic acids is 1. The lowest BCUT2D eigenvalue weighted by atomic mass is 10.0. The fraction of sp³-hybridized carbons (Fsp3) is 0.118. The first-order chi connectivity index (χ1) is 13.4. The Kier molecular flexibility index (Phi) is 4.95. The van der Waals surface area contributed by atoms with Crippen molar-refractivity contribution in [2.45, 2.75) is 12.4 Å². The molecule has 0 atom stereocenters. The molecule has 0 saturated heterocycles. The van der Waals surface area contributed by atoms with Crippen LogP contribution in [-0.4, -0.2) is 25.8 Å². The highest BCUT2D eigenvalue weighted by atomic mass is 19.4. The molecule has 6 nitrogen and oxygen atoms in total. The van der Waals surface area contributed by atoms with Gasteiger partial charge in [0.15, 0.2) is 5.82 Å². The van der Waals surface area contributed by atoms with Gasteiger partial charge >= 0.3 is 18.3 Å². The number of nitrogens with zero attached hydrogens (tertiary/aromatic N) is 3. The van der Waals surface area contributed by atoms with Gasteiger partial charge in [0.2, 0.25) is 0 Å². The van der Waals surface area contributed by atoms with Crippen molar-refractivity contribution in [2.75, 3.05) is 0 Å². The number of hydrogen-bond donors (Lipinski definition) is 1. The van der Waals surface area contributed by atoms with Crippen molar-refractivity contribution in [2.24, 2.45) is 0 Å². The molecule has 0 amide bonds. The van der Waals surface area contributed by atoms with Gasteiger partial charge in [-0.3, -0.25) is 0 Å². The lowest BCUT2D eigenvalue weighted by molar-refractivity contribution is -0.143. The molecule has 0 bridgehead atoms. The van der Waals surface area contributed by atoms with Gasteiger partial charge in [0, 0.05) is 17.3 Å². The average molecular weight is 417 g/mol. The highest BCUT2D eigenvalue weighted by Gasteiger charge is 2.37. The van der Waals surface area contributed by atoms with Crippen LogP contribution in [0.2, 0.25) is 0 Å². The van der Waals surface area contributed by atoms with E-state index in [9.17, 15) is 36.2 Å². The summed E-state index contributed by atoms with van der Waals surface area (Å²) in [6.07, 6.45) is -5.74. The lowest BCUT2D eigenvalue weighted by Crippen LogP contribution is -2.11. The molecule has 0 aliphatic carbocycles. The Morgan fingerprint density at radius 1 is 1.07 bits per heavy atom. The number of alkyl halides is 6. The monoisotopic (exact) mass is 417 g/mol. The molecule has 0 aliphatic rings. The summed E-state index contributed by atoms with van der Waals surface area (Å²) in [6.45, 7) is 0. The Hall–Kier alpha value is -3.57. The second kappa shape index (κ2) is 7.11. The van der Waals surface area contributed by atoms with Gasteiger partial charge < -0.3 is 9.52 Å². The van der Waals surface area contributed by atoms with E-state index in [0.717, 1.165) is 23.5 Å². The highest BCUT2D eigenvalue weighted by Crippen LogP contribution is 2.38. The van der Waals surface area contributed by atoms with Crippen molar-refractivity contribution in [3.05, 3.63) is 59.8 Å². The van der Waals surface area contributed by atoms with Crippen LogP contribution in [0.3, 0.4) is 0 Å². The Morgan fingerprint density at radius 3 is 2.17 bits per heavy atom. The average Bonchev–Trinajstić information content (AvgIpc) is 3.29. The number of aliphatic carboxylic acids is 1. The summed E-state index contributed by atoms with van der Waals surface area (Å²) in [4.78, 5) is 15.1. The van der Waals surface area contributed by atoms with Gasteiger partial charge in [-0.25, -0.2) is 14.5 Å². The summed E-state index contributed by atoms with van der Waals surface area (Å²) >= 11 is 0. The minimum absolute atomic E-state index is 0.0121. The molecule has 152 valence electrons. The minimum Gasteiger partial charge on any atom is -0.478 e. The first-order valence-electron chi connectivity index (χ1n) is 7.64. The first-order valence-corrected chi connectivity index (χ1v) is 7.64. The zero-order chi connectivity index (χ0) is 21.4. The summed E-state index contributed by atoms with van der Waals surface area (Å²) in [5.41, 5.74) is -3.67. The van der Waals surface area contributed by atoms with E-state index in [1.165, 1.54) is 12.3 Å². The quantitative estimate of drug-likeness (QED) is 0.493. The maximum atomic E-state index is 13.0. The molecule has 3 aromatic rings. The first kappa shape index (κ1) is 20.2. The maximum absolute atomic E-state index is 13.0. The summed E-state index contributed by atoms with van der Waals surface area (Å²) in [5.74, 6) is -1.81. The number of hydrogen-bond acceptors (Lipinski definition) is 4. The fourth-order valence-corrected chi connectivity index (χ4v) is 2.36. The molecule has 0 aliphatic heterocycles. The normalized spacial score (nSPS) is 13.0. The van der Waals surface area contributed by atoms with Crippen LogP contribution >= 0.6 is 0 Å². The topological polar surface area (TPSA) is 81.1 Å². The Balaban J connectivity index is 2.06. The van der Waals surface area contributed by atoms with Gasteiger partial charge in [-0.2, -0.15) is 26.3 Å². The molecule has 3 rings (SSSR count). The van der Waals surface area contributed by atoms with Crippen LogP contribution in [0.1, 0.15) is 16.7 Å². The van der Waals surface area contributed by atoms with Crippen LogP contribution in [0.4, 0.5) is 26.3 Å². The Bertz CT molecular complexity index is 1030. The van der Waals surface area contributed by atoms with Gasteiger partial charge in [-0.1, -0.05) is 0 Å². The second-order valence-electron chi connectivity index (χ2n) is 5.70. The molecular formula is C17H9F6N3O3. The van der Waals surface area contributed by atoms with E-state index in [1.54, 1.807) is 0 Å². The minimum atomic E-state index is -5.02. The summed E-state index contributed by atoms with van der Waals surface area (Å²) < 4.78 is 83.5. The van der Waals surface area contributed by atoms with Crippen LogP contribution < -0.4 is 0 Å². The Labute approximate surface area is 157 Å². The van der Waals surface area contributed by atoms with Gasteiger partial charge in [0.05, 0.1) is 29.2 Å². The van der Waals surface area contributed by atoms with Crippen LogP contribution in [0.25, 0.3) is 23.2 Å². The van der Waals surface area contributed by atoms with Crippen molar-refractivity contribution in [3.8, 4) is 11.4 Å². The third-order valence-corrected chi connectivity index (χ3v) is 3.68. The van der Waals surface area contributed by atoms with Crippen LogP contribution in [-0.2, 0) is 17.1 Å². The van der Waals surface area contributed by atoms with Crippen LogP contribution in [0.5, 0.6) is 0 Å². The lowest BCUT2D eigenvalue weighted by Gasteiger charge is -2.13. The van der Waals surface area contributed by atoms with E-state index in [0.29, 0.717) is 12.1 Å². The van der Waals surface area contributed by atoms with E-state index in [-0.39, 0.29) is 17.2 Å². The van der Waals surface area contributed by atoms with Crippen molar-refractivity contribution < 1.29 is 40.7 Å². The van der Waals surface area contributed by atoms with E-state index in [2.05, 4.69) is 10.1 Å². The molecule has 0 unspecified atom stereocenters. The molecular weight excluding hydrogens is 408 g/mol. The van der Waals surface area contributed by atoms with E-state index < -0.39 is 40.8 Å². The van der Waals surface area contributed by atoms with E-state index >= 15 is 0 Å². The predicted octanol–water partition coefficient (Wildman–Crippen LogP) is 4.66. The zero-order valence-corrected chi connectivity index (χ0v) is 14.0. The number of rotatable bonds is 4. The third kappa shape index (κ3) is 4.47. The molecule has 1 N–H and O–H groups in total. The summed E-state index contributed by atoms with van der Waals surface area (Å²) in [7, 11) is 0. The van der Waals surface area contributed by atoms with Crippen molar-refractivity contribution in [1.29, 1.82) is 0 Å². The largest absolute Gasteiger partial charge is 0.478 e. The molecule has 1 aromatic carbocycles. The summed E-state index contributed by atoms with van der Waals surface area (Å²) in [5, 5.41) is 13.0. The van der Waals surface area contributed by atoms with Crippen LogP contribution in [0.15, 0.2) is 47.5 Å². The molecule has 0 spiro atoms. The van der Waals surface area contributed by atoms with Crippen molar-refractivity contribution >= 4 is 17.7 Å². The molecule has 0 fully saturated rings. The number of halogens is 6. The van der Waals surface area contributed by atoms with Crippen molar-refractivity contribution in [1.82, 2.24) is 14.8 Å². The smallest absolute Gasteiger partial charge is 0.416 e. The number of carbonyl (C=O) groups is 1. The molecule has 2 aromatic heterocycles. The molecule has 0 radical (unpaired) electrons. The molecule has 12 heteroatoms. The van der Waals surface area contributed by atoms with Gasteiger partial charge in [0.25, 0.3) is 0 Å². The Morgan fingerprint density at radius 2 is 1.69 bits per heavy atom. The van der Waals surface area contributed by atoms with Crippen molar-refractivity contribution in [3.63, 3.8) is 0 Å². The van der Waals surface area contributed by atoms with Gasteiger partial charge in [-0.05, 0) is 24.3 Å².